The van der Waals surface area contributed by atoms with Gasteiger partial charge < -0.3 is 14.0 Å². The van der Waals surface area contributed by atoms with Gasteiger partial charge in [0.25, 0.3) is 0 Å². The van der Waals surface area contributed by atoms with Crippen LogP contribution in [-0.2, 0) is 12.3 Å². The average molecular weight is 466 g/mol. The number of rotatable bonds is 7. The van der Waals surface area contributed by atoms with Crippen molar-refractivity contribution in [3.63, 3.8) is 0 Å². The molecule has 1 aliphatic heterocycles. The van der Waals surface area contributed by atoms with E-state index in [-0.39, 0.29) is 5.82 Å². The first-order chi connectivity index (χ1) is 16.1. The van der Waals surface area contributed by atoms with E-state index in [1.165, 1.54) is 17.8 Å². The molecule has 1 aliphatic rings. The normalized spacial score (nSPS) is 14.9. The maximum Gasteiger partial charge on any atom is 0.237 e. The van der Waals surface area contributed by atoms with Crippen molar-refractivity contribution in [2.45, 2.75) is 30.5 Å². The smallest absolute Gasteiger partial charge is 0.237 e. The molecule has 1 unspecified atom stereocenters. The molecular weight excluding hydrogens is 445 g/mol. The Labute approximate surface area is 193 Å². The molecule has 3 heterocycles. The number of hydrogen-bond acceptors (Lipinski definition) is 8. The molecule has 0 radical (unpaired) electrons. The van der Waals surface area contributed by atoms with Crippen molar-refractivity contribution in [2.24, 2.45) is 0 Å². The van der Waals surface area contributed by atoms with E-state index in [0.717, 1.165) is 0 Å². The third-order valence-electron chi connectivity index (χ3n) is 5.08. The first-order valence-electron chi connectivity index (χ1n) is 10.3. The van der Waals surface area contributed by atoms with Gasteiger partial charge in [0.05, 0.1) is 5.75 Å². The molecule has 2 aromatic carbocycles. The van der Waals surface area contributed by atoms with E-state index < -0.39 is 6.10 Å². The molecule has 0 aliphatic carbocycles. The highest BCUT2D eigenvalue weighted by Crippen LogP contribution is 2.36. The van der Waals surface area contributed by atoms with Gasteiger partial charge >= 0.3 is 0 Å². The van der Waals surface area contributed by atoms with Crippen molar-refractivity contribution in [3.8, 4) is 22.9 Å². The molecule has 0 fully saturated rings. The molecule has 33 heavy (non-hydrogen) atoms. The van der Waals surface area contributed by atoms with Crippen LogP contribution in [0.4, 0.5) is 4.39 Å². The number of aromatic nitrogens is 5. The molecule has 8 nitrogen and oxygen atoms in total. The predicted octanol–water partition coefficient (Wildman–Crippen LogP) is 4.77. The number of benzene rings is 2. The number of fused-ring (bicyclic) bond motifs is 1. The summed E-state index contributed by atoms with van der Waals surface area (Å²) in [4.78, 5) is 4.38. The molecule has 4 aromatic rings. The van der Waals surface area contributed by atoms with E-state index >= 15 is 0 Å². The minimum atomic E-state index is -0.395. The van der Waals surface area contributed by atoms with Crippen molar-refractivity contribution in [2.75, 3.05) is 6.61 Å². The van der Waals surface area contributed by atoms with E-state index in [9.17, 15) is 4.39 Å². The van der Waals surface area contributed by atoms with Gasteiger partial charge in [-0.25, -0.2) is 4.39 Å². The van der Waals surface area contributed by atoms with E-state index in [1.54, 1.807) is 25.1 Å². The SMILES string of the molecule is C=CCn1c(SCc2nc(-c3ccc(C)c(F)c3)no2)nnc1C1COc2ccccc2O1. The summed E-state index contributed by atoms with van der Waals surface area (Å²) in [5, 5.41) is 13.3. The number of thioether (sulfide) groups is 1. The Kier molecular flexibility index (Phi) is 5.82. The summed E-state index contributed by atoms with van der Waals surface area (Å²) in [7, 11) is 0. The largest absolute Gasteiger partial charge is 0.485 e. The van der Waals surface area contributed by atoms with Gasteiger partial charge in [-0.2, -0.15) is 4.98 Å². The van der Waals surface area contributed by atoms with E-state index in [1.807, 2.05) is 28.8 Å². The Bertz CT molecular complexity index is 1310. The molecule has 1 atom stereocenters. The zero-order chi connectivity index (χ0) is 22.8. The second-order valence-electron chi connectivity index (χ2n) is 7.37. The molecule has 0 amide bonds. The third-order valence-corrected chi connectivity index (χ3v) is 6.03. The number of hydrogen-bond donors (Lipinski definition) is 0. The molecule has 2 aromatic heterocycles. The maximum atomic E-state index is 13.9. The van der Waals surface area contributed by atoms with E-state index in [0.29, 0.717) is 64.2 Å². The van der Waals surface area contributed by atoms with Crippen molar-refractivity contribution in [3.05, 3.63) is 78.2 Å². The Morgan fingerprint density at radius 3 is 2.88 bits per heavy atom. The Morgan fingerprint density at radius 2 is 2.06 bits per heavy atom. The van der Waals surface area contributed by atoms with Crippen molar-refractivity contribution in [1.82, 2.24) is 24.9 Å². The van der Waals surface area contributed by atoms with Gasteiger partial charge in [0.15, 0.2) is 28.6 Å². The minimum absolute atomic E-state index is 0.310. The van der Waals surface area contributed by atoms with Crippen LogP contribution in [0, 0.1) is 12.7 Å². The lowest BCUT2D eigenvalue weighted by Crippen LogP contribution is -2.25. The molecule has 10 heteroatoms. The van der Waals surface area contributed by atoms with Crippen LogP contribution in [0.5, 0.6) is 11.5 Å². The Morgan fingerprint density at radius 1 is 1.21 bits per heavy atom. The number of aryl methyl sites for hydroxylation is 1. The zero-order valence-electron chi connectivity index (χ0n) is 17.8. The van der Waals surface area contributed by atoms with Gasteiger partial charge in [-0.1, -0.05) is 47.3 Å². The summed E-state index contributed by atoms with van der Waals surface area (Å²) < 4.78 is 33.0. The zero-order valence-corrected chi connectivity index (χ0v) is 18.6. The molecule has 0 N–H and O–H groups in total. The van der Waals surface area contributed by atoms with Crippen LogP contribution in [0.2, 0.25) is 0 Å². The highest BCUT2D eigenvalue weighted by atomic mass is 32.2. The average Bonchev–Trinajstić information content (AvgIpc) is 3.47. The summed E-state index contributed by atoms with van der Waals surface area (Å²) in [5.74, 6) is 2.83. The van der Waals surface area contributed by atoms with E-state index in [4.69, 9.17) is 14.0 Å². The number of nitrogens with zero attached hydrogens (tertiary/aromatic N) is 5. The first-order valence-corrected chi connectivity index (χ1v) is 11.3. The van der Waals surface area contributed by atoms with Crippen LogP contribution < -0.4 is 9.47 Å². The second kappa shape index (κ2) is 9.07. The summed E-state index contributed by atoms with van der Waals surface area (Å²) in [5.41, 5.74) is 1.12. The summed E-state index contributed by atoms with van der Waals surface area (Å²) in [6.45, 7) is 6.38. The highest BCUT2D eigenvalue weighted by molar-refractivity contribution is 7.98. The van der Waals surface area contributed by atoms with Gasteiger partial charge in [-0.3, -0.25) is 4.57 Å². The molecule has 0 bridgehead atoms. The van der Waals surface area contributed by atoms with Crippen LogP contribution in [0.1, 0.15) is 23.4 Å². The maximum absolute atomic E-state index is 13.9. The quantitative estimate of drug-likeness (QED) is 0.285. The lowest BCUT2D eigenvalue weighted by molar-refractivity contribution is 0.0821. The van der Waals surface area contributed by atoms with Crippen LogP contribution in [-0.4, -0.2) is 31.5 Å². The molecule has 0 saturated heterocycles. The van der Waals surface area contributed by atoms with Gasteiger partial charge in [-0.05, 0) is 30.7 Å². The minimum Gasteiger partial charge on any atom is -0.485 e. The molecule has 5 rings (SSSR count). The summed E-state index contributed by atoms with van der Waals surface area (Å²) in [6, 6.07) is 12.4. The van der Waals surface area contributed by atoms with Gasteiger partial charge in [0.1, 0.15) is 12.4 Å². The standard InChI is InChI=1S/C23H20FN5O3S/c1-3-10-29-22(19-12-30-17-6-4-5-7-18(17)31-19)26-27-23(29)33-13-20-25-21(28-32-20)15-9-8-14(2)16(24)11-15/h3-9,11,19H,1,10,12-13H2,2H3. The van der Waals surface area contributed by atoms with Gasteiger partial charge in [-0.15, -0.1) is 16.8 Å². The molecule has 0 saturated carbocycles. The first kappa shape index (κ1) is 21.2. The second-order valence-corrected chi connectivity index (χ2v) is 8.31. The van der Waals surface area contributed by atoms with E-state index in [2.05, 4.69) is 26.9 Å². The molecular formula is C23H20FN5O3S. The number of ether oxygens (including phenoxy) is 2. The van der Waals surface area contributed by atoms with Crippen LogP contribution in [0.3, 0.4) is 0 Å². The van der Waals surface area contributed by atoms with Crippen molar-refractivity contribution < 1.29 is 18.4 Å². The Hall–Kier alpha value is -3.66. The fourth-order valence-electron chi connectivity index (χ4n) is 3.38. The monoisotopic (exact) mass is 465 g/mol. The van der Waals surface area contributed by atoms with Crippen LogP contribution >= 0.6 is 11.8 Å². The third kappa shape index (κ3) is 4.34. The molecule has 168 valence electrons. The van der Waals surface area contributed by atoms with Gasteiger partial charge in [0.2, 0.25) is 11.7 Å². The lowest BCUT2D eigenvalue weighted by Gasteiger charge is -2.26. The molecule has 0 spiro atoms. The summed E-state index contributed by atoms with van der Waals surface area (Å²) >= 11 is 1.40. The van der Waals surface area contributed by atoms with Crippen molar-refractivity contribution >= 4 is 11.8 Å². The fraction of sp³-hybridized carbons (Fsp3) is 0.217. The number of allylic oxidation sites excluding steroid dienone is 1. The number of halogens is 1. The lowest BCUT2D eigenvalue weighted by atomic mass is 10.1. The van der Waals surface area contributed by atoms with Gasteiger partial charge in [0, 0.05) is 12.1 Å². The Balaban J connectivity index is 1.32. The van der Waals surface area contributed by atoms with Crippen LogP contribution in [0.15, 0.2) is 64.8 Å². The van der Waals surface area contributed by atoms with Crippen molar-refractivity contribution in [1.29, 1.82) is 0 Å². The topological polar surface area (TPSA) is 88.1 Å². The predicted molar refractivity (Wildman–Crippen MR) is 120 cm³/mol. The number of para-hydroxylation sites is 2. The fourth-order valence-corrected chi connectivity index (χ4v) is 4.17. The summed E-state index contributed by atoms with van der Waals surface area (Å²) in [6.07, 6.45) is 1.37. The highest BCUT2D eigenvalue weighted by Gasteiger charge is 2.28. The van der Waals surface area contributed by atoms with Crippen LogP contribution in [0.25, 0.3) is 11.4 Å².